The number of benzene rings is 2. The molecule has 1 amide bonds. The van der Waals surface area contributed by atoms with Gasteiger partial charge in [0.1, 0.15) is 0 Å². The lowest BCUT2D eigenvalue weighted by molar-refractivity contribution is -0.119. The van der Waals surface area contributed by atoms with E-state index in [0.717, 1.165) is 23.1 Å². The van der Waals surface area contributed by atoms with Crippen molar-refractivity contribution in [1.82, 2.24) is 10.3 Å². The minimum Gasteiger partial charge on any atom is -0.361 e. The number of aromatic amines is 1. The van der Waals surface area contributed by atoms with Crippen LogP contribution >= 0.6 is 0 Å². The van der Waals surface area contributed by atoms with E-state index in [9.17, 15) is 4.79 Å². The van der Waals surface area contributed by atoms with Gasteiger partial charge in [0.15, 0.2) is 0 Å². The van der Waals surface area contributed by atoms with Crippen molar-refractivity contribution in [3.05, 3.63) is 71.4 Å². The topological polar surface area (TPSA) is 44.9 Å². The number of hydrogen-bond donors (Lipinski definition) is 2. The Morgan fingerprint density at radius 2 is 1.79 bits per heavy atom. The normalized spacial score (nSPS) is 11.6. The van der Waals surface area contributed by atoms with Crippen molar-refractivity contribution >= 4 is 16.8 Å². The van der Waals surface area contributed by atoms with Crippen molar-refractivity contribution in [3.63, 3.8) is 0 Å². The molecule has 0 aliphatic heterocycles. The highest BCUT2D eigenvalue weighted by molar-refractivity contribution is 5.80. The van der Waals surface area contributed by atoms with Gasteiger partial charge in [0.05, 0.1) is 0 Å². The SMILES string of the molecule is CC(=O)NC(C)Cc1ccc(C#Cc2ccc3cc[nH]c3c2)cc1. The van der Waals surface area contributed by atoms with Crippen LogP contribution in [0.4, 0.5) is 0 Å². The van der Waals surface area contributed by atoms with Crippen LogP contribution in [-0.4, -0.2) is 16.9 Å². The molecular formula is C21H20N2O. The Morgan fingerprint density at radius 3 is 2.54 bits per heavy atom. The minimum absolute atomic E-state index is 0.00372. The van der Waals surface area contributed by atoms with Crippen LogP contribution in [0.25, 0.3) is 10.9 Å². The Hall–Kier alpha value is -2.99. The third-order valence-electron chi connectivity index (χ3n) is 3.85. The zero-order chi connectivity index (χ0) is 16.9. The average molecular weight is 316 g/mol. The number of carbonyl (C=O) groups is 1. The lowest BCUT2D eigenvalue weighted by atomic mass is 10.0. The van der Waals surface area contributed by atoms with Gasteiger partial charge in [-0.3, -0.25) is 4.79 Å². The van der Waals surface area contributed by atoms with Crippen LogP contribution in [0, 0.1) is 11.8 Å². The maximum atomic E-state index is 11.1. The van der Waals surface area contributed by atoms with E-state index in [4.69, 9.17) is 0 Å². The summed E-state index contributed by atoms with van der Waals surface area (Å²) in [5.74, 6) is 6.40. The summed E-state index contributed by atoms with van der Waals surface area (Å²) in [5, 5.41) is 4.09. The average Bonchev–Trinajstić information content (AvgIpc) is 3.01. The number of hydrogen-bond acceptors (Lipinski definition) is 1. The highest BCUT2D eigenvalue weighted by Gasteiger charge is 2.04. The number of carbonyl (C=O) groups excluding carboxylic acids is 1. The lowest BCUT2D eigenvalue weighted by Crippen LogP contribution is -2.31. The molecule has 1 atom stereocenters. The zero-order valence-electron chi connectivity index (χ0n) is 13.9. The fraction of sp³-hybridized carbons (Fsp3) is 0.190. The van der Waals surface area contributed by atoms with Crippen molar-refractivity contribution < 1.29 is 4.79 Å². The van der Waals surface area contributed by atoms with Gasteiger partial charge in [-0.05, 0) is 54.6 Å². The maximum Gasteiger partial charge on any atom is 0.217 e. The molecule has 120 valence electrons. The molecule has 2 N–H and O–H groups in total. The van der Waals surface area contributed by atoms with Crippen LogP contribution in [0.2, 0.25) is 0 Å². The number of H-pyrrole nitrogens is 1. The zero-order valence-corrected chi connectivity index (χ0v) is 13.9. The van der Waals surface area contributed by atoms with Crippen molar-refractivity contribution in [2.24, 2.45) is 0 Å². The number of amides is 1. The molecule has 1 aromatic heterocycles. The highest BCUT2D eigenvalue weighted by Crippen LogP contribution is 2.13. The van der Waals surface area contributed by atoms with E-state index in [2.05, 4.69) is 46.4 Å². The third kappa shape index (κ3) is 4.05. The van der Waals surface area contributed by atoms with E-state index in [-0.39, 0.29) is 11.9 Å². The molecule has 0 fully saturated rings. The lowest BCUT2D eigenvalue weighted by Gasteiger charge is -2.12. The minimum atomic E-state index is 0.00372. The molecule has 3 aromatic rings. The summed E-state index contributed by atoms with van der Waals surface area (Å²) in [7, 11) is 0. The second-order valence-corrected chi connectivity index (χ2v) is 6.03. The molecule has 1 heterocycles. The molecule has 0 saturated carbocycles. The summed E-state index contributed by atoms with van der Waals surface area (Å²) in [6, 6.07) is 16.5. The molecule has 2 aromatic carbocycles. The molecule has 0 radical (unpaired) electrons. The largest absolute Gasteiger partial charge is 0.361 e. The quantitative estimate of drug-likeness (QED) is 0.712. The van der Waals surface area contributed by atoms with Gasteiger partial charge in [0.25, 0.3) is 0 Å². The number of nitrogens with one attached hydrogen (secondary N) is 2. The van der Waals surface area contributed by atoms with Crippen LogP contribution in [0.3, 0.4) is 0 Å². The van der Waals surface area contributed by atoms with Gasteiger partial charge in [-0.25, -0.2) is 0 Å². The highest BCUT2D eigenvalue weighted by atomic mass is 16.1. The summed E-state index contributed by atoms with van der Waals surface area (Å²) in [6.45, 7) is 3.55. The summed E-state index contributed by atoms with van der Waals surface area (Å²) in [5.41, 5.74) is 4.27. The van der Waals surface area contributed by atoms with Crippen molar-refractivity contribution in [3.8, 4) is 11.8 Å². The van der Waals surface area contributed by atoms with Gasteiger partial charge < -0.3 is 10.3 Å². The molecule has 0 bridgehead atoms. The first-order valence-corrected chi connectivity index (χ1v) is 8.05. The van der Waals surface area contributed by atoms with Crippen LogP contribution in [0.15, 0.2) is 54.7 Å². The fourth-order valence-corrected chi connectivity index (χ4v) is 2.75. The van der Waals surface area contributed by atoms with E-state index < -0.39 is 0 Å². The predicted octanol–water partition coefficient (Wildman–Crippen LogP) is 3.63. The molecule has 24 heavy (non-hydrogen) atoms. The van der Waals surface area contributed by atoms with E-state index in [1.165, 1.54) is 10.9 Å². The Morgan fingerprint density at radius 1 is 1.08 bits per heavy atom. The van der Waals surface area contributed by atoms with Crippen molar-refractivity contribution in [1.29, 1.82) is 0 Å². The molecule has 3 rings (SSSR count). The first-order chi connectivity index (χ1) is 11.6. The summed E-state index contributed by atoms with van der Waals surface area (Å²) < 4.78 is 0. The van der Waals surface area contributed by atoms with Gasteiger partial charge in [-0.15, -0.1) is 0 Å². The van der Waals surface area contributed by atoms with E-state index in [1.807, 2.05) is 37.4 Å². The first-order valence-electron chi connectivity index (χ1n) is 8.05. The Kier molecular flexibility index (Phi) is 4.67. The molecule has 0 saturated heterocycles. The number of fused-ring (bicyclic) bond motifs is 1. The molecule has 1 unspecified atom stereocenters. The molecule has 0 aliphatic rings. The van der Waals surface area contributed by atoms with Gasteiger partial charge >= 0.3 is 0 Å². The Balaban J connectivity index is 1.69. The van der Waals surface area contributed by atoms with Gasteiger partial charge in [-0.2, -0.15) is 0 Å². The monoisotopic (exact) mass is 316 g/mol. The Labute approximate surface area is 142 Å². The first kappa shape index (κ1) is 15.9. The summed E-state index contributed by atoms with van der Waals surface area (Å²) >= 11 is 0. The standard InChI is InChI=1S/C21H20N2O/c1-15(23-16(2)24)13-18-6-3-17(4-7-18)5-8-19-9-10-20-11-12-22-21(20)14-19/h3-4,6-7,9-12,14-15,22H,13H2,1-2H3,(H,23,24). The second-order valence-electron chi connectivity index (χ2n) is 6.03. The molecule has 3 nitrogen and oxygen atoms in total. The number of aromatic nitrogens is 1. The molecule has 3 heteroatoms. The molecular weight excluding hydrogens is 296 g/mol. The maximum absolute atomic E-state index is 11.1. The van der Waals surface area contributed by atoms with Gasteiger partial charge in [-0.1, -0.05) is 30.0 Å². The van der Waals surface area contributed by atoms with Crippen LogP contribution in [0.5, 0.6) is 0 Å². The molecule has 0 spiro atoms. The van der Waals surface area contributed by atoms with Crippen LogP contribution < -0.4 is 5.32 Å². The van der Waals surface area contributed by atoms with Gasteiger partial charge in [0, 0.05) is 35.8 Å². The van der Waals surface area contributed by atoms with Crippen LogP contribution in [-0.2, 0) is 11.2 Å². The molecule has 0 aliphatic carbocycles. The summed E-state index contributed by atoms with van der Waals surface area (Å²) in [4.78, 5) is 14.3. The summed E-state index contributed by atoms with van der Waals surface area (Å²) in [6.07, 6.45) is 2.75. The van der Waals surface area contributed by atoms with Crippen molar-refractivity contribution in [2.75, 3.05) is 0 Å². The van der Waals surface area contributed by atoms with E-state index >= 15 is 0 Å². The van der Waals surface area contributed by atoms with Gasteiger partial charge in [0.2, 0.25) is 5.91 Å². The Bertz CT molecular complexity index is 910. The van der Waals surface area contributed by atoms with E-state index in [1.54, 1.807) is 6.92 Å². The smallest absolute Gasteiger partial charge is 0.217 e. The predicted molar refractivity (Wildman–Crippen MR) is 97.7 cm³/mol. The van der Waals surface area contributed by atoms with Crippen LogP contribution in [0.1, 0.15) is 30.5 Å². The fourth-order valence-electron chi connectivity index (χ4n) is 2.75. The third-order valence-corrected chi connectivity index (χ3v) is 3.85. The van der Waals surface area contributed by atoms with Crippen molar-refractivity contribution in [2.45, 2.75) is 26.3 Å². The van der Waals surface area contributed by atoms with E-state index in [0.29, 0.717) is 0 Å². The number of rotatable bonds is 3. The second kappa shape index (κ2) is 7.06.